The lowest BCUT2D eigenvalue weighted by atomic mass is 10.2. The number of benzene rings is 1. The molecule has 0 saturated carbocycles. The highest BCUT2D eigenvalue weighted by atomic mass is 35.5. The molecular weight excluding hydrogens is 293 g/mol. The Labute approximate surface area is 117 Å². The van der Waals surface area contributed by atoms with E-state index >= 15 is 0 Å². The fourth-order valence-corrected chi connectivity index (χ4v) is 1.73. The molecular formula is C12H10ClF3N4. The second-order valence-corrected chi connectivity index (χ2v) is 4.44. The number of nitrogen functional groups attached to an aromatic ring is 1. The minimum absolute atomic E-state index is 0.0461. The van der Waals surface area contributed by atoms with Gasteiger partial charge >= 0.3 is 6.18 Å². The number of rotatable bonds is 2. The van der Waals surface area contributed by atoms with E-state index < -0.39 is 17.8 Å². The van der Waals surface area contributed by atoms with Crippen LogP contribution < -0.4 is 11.1 Å². The lowest BCUT2D eigenvalue weighted by Gasteiger charge is -2.12. The lowest BCUT2D eigenvalue weighted by Crippen LogP contribution is -2.12. The van der Waals surface area contributed by atoms with Gasteiger partial charge in [0.25, 0.3) is 0 Å². The first kappa shape index (κ1) is 14.4. The van der Waals surface area contributed by atoms with E-state index in [2.05, 4.69) is 15.3 Å². The molecule has 1 aromatic carbocycles. The number of anilines is 3. The van der Waals surface area contributed by atoms with Crippen LogP contribution in [0.15, 0.2) is 24.3 Å². The summed E-state index contributed by atoms with van der Waals surface area (Å²) in [6.45, 7) is 1.74. The van der Waals surface area contributed by atoms with Gasteiger partial charge in [0.1, 0.15) is 5.82 Å². The summed E-state index contributed by atoms with van der Waals surface area (Å²) < 4.78 is 37.9. The maximum atomic E-state index is 12.6. The van der Waals surface area contributed by atoms with Gasteiger partial charge in [0.15, 0.2) is 5.69 Å². The van der Waals surface area contributed by atoms with Gasteiger partial charge in [-0.25, -0.2) is 4.98 Å². The van der Waals surface area contributed by atoms with Crippen LogP contribution in [0.5, 0.6) is 0 Å². The van der Waals surface area contributed by atoms with Gasteiger partial charge < -0.3 is 11.1 Å². The zero-order valence-electron chi connectivity index (χ0n) is 10.3. The Morgan fingerprint density at radius 3 is 2.60 bits per heavy atom. The third kappa shape index (κ3) is 3.11. The van der Waals surface area contributed by atoms with Gasteiger partial charge in [0.2, 0.25) is 5.95 Å². The van der Waals surface area contributed by atoms with Crippen molar-refractivity contribution in [2.24, 2.45) is 0 Å². The summed E-state index contributed by atoms with van der Waals surface area (Å²) in [7, 11) is 0. The predicted molar refractivity (Wildman–Crippen MR) is 70.9 cm³/mol. The molecule has 0 aliphatic rings. The molecule has 0 aliphatic carbocycles. The summed E-state index contributed by atoms with van der Waals surface area (Å²) in [5.41, 5.74) is 5.42. The van der Waals surface area contributed by atoms with Gasteiger partial charge in [0.05, 0.1) is 0 Å². The lowest BCUT2D eigenvalue weighted by molar-refractivity contribution is -0.141. The van der Waals surface area contributed by atoms with Gasteiger partial charge in [-0.15, -0.1) is 0 Å². The molecule has 2 rings (SSSR count). The molecule has 1 heterocycles. The van der Waals surface area contributed by atoms with Crippen molar-refractivity contribution in [1.29, 1.82) is 0 Å². The monoisotopic (exact) mass is 302 g/mol. The highest BCUT2D eigenvalue weighted by molar-refractivity contribution is 6.31. The largest absolute Gasteiger partial charge is 0.433 e. The normalized spacial score (nSPS) is 11.4. The molecule has 0 radical (unpaired) electrons. The molecule has 1 aromatic heterocycles. The summed E-state index contributed by atoms with van der Waals surface area (Å²) >= 11 is 5.94. The van der Waals surface area contributed by atoms with Crippen molar-refractivity contribution >= 4 is 29.1 Å². The van der Waals surface area contributed by atoms with E-state index in [0.29, 0.717) is 16.3 Å². The summed E-state index contributed by atoms with van der Waals surface area (Å²) in [6, 6.07) is 5.81. The van der Waals surface area contributed by atoms with E-state index in [-0.39, 0.29) is 5.82 Å². The molecule has 0 aliphatic heterocycles. The van der Waals surface area contributed by atoms with Crippen LogP contribution in [0.25, 0.3) is 0 Å². The third-order valence-corrected chi connectivity index (χ3v) is 2.97. The molecule has 8 heteroatoms. The molecule has 20 heavy (non-hydrogen) atoms. The topological polar surface area (TPSA) is 63.8 Å². The zero-order valence-corrected chi connectivity index (χ0v) is 11.0. The fraction of sp³-hybridized carbons (Fsp3) is 0.167. The maximum absolute atomic E-state index is 12.6. The average Bonchev–Trinajstić information content (AvgIpc) is 2.33. The van der Waals surface area contributed by atoms with Crippen LogP contribution in [0.1, 0.15) is 11.3 Å². The summed E-state index contributed by atoms with van der Waals surface area (Å²) in [5.74, 6) is -0.503. The number of aromatic nitrogens is 2. The Bertz CT molecular complexity index is 643. The van der Waals surface area contributed by atoms with Crippen LogP contribution in [-0.4, -0.2) is 9.97 Å². The molecule has 0 unspecified atom stereocenters. The highest BCUT2D eigenvalue weighted by Gasteiger charge is 2.33. The van der Waals surface area contributed by atoms with E-state index in [1.807, 2.05) is 0 Å². The van der Waals surface area contributed by atoms with E-state index in [1.165, 1.54) is 0 Å². The van der Waals surface area contributed by atoms with Crippen LogP contribution in [0.4, 0.5) is 30.6 Å². The number of halogens is 4. The molecule has 0 amide bonds. The molecule has 0 fully saturated rings. The van der Waals surface area contributed by atoms with E-state index in [4.69, 9.17) is 17.3 Å². The smallest absolute Gasteiger partial charge is 0.368 e. The Kier molecular flexibility index (Phi) is 3.71. The number of nitrogens with two attached hydrogens (primary N) is 1. The molecule has 2 aromatic rings. The van der Waals surface area contributed by atoms with Crippen molar-refractivity contribution in [1.82, 2.24) is 9.97 Å². The van der Waals surface area contributed by atoms with Gasteiger partial charge in [-0.1, -0.05) is 17.7 Å². The van der Waals surface area contributed by atoms with E-state index in [9.17, 15) is 13.2 Å². The Morgan fingerprint density at radius 2 is 1.95 bits per heavy atom. The van der Waals surface area contributed by atoms with Gasteiger partial charge in [0, 0.05) is 16.8 Å². The van der Waals surface area contributed by atoms with Crippen molar-refractivity contribution in [3.05, 3.63) is 40.5 Å². The Morgan fingerprint density at radius 1 is 1.25 bits per heavy atom. The summed E-state index contributed by atoms with van der Waals surface area (Å²) in [6.07, 6.45) is -4.59. The maximum Gasteiger partial charge on any atom is 0.433 e. The van der Waals surface area contributed by atoms with Crippen molar-refractivity contribution in [3.8, 4) is 0 Å². The van der Waals surface area contributed by atoms with Crippen LogP contribution in [-0.2, 0) is 6.18 Å². The Balaban J connectivity index is 2.39. The van der Waals surface area contributed by atoms with Crippen molar-refractivity contribution in [3.63, 3.8) is 0 Å². The second kappa shape index (κ2) is 5.16. The number of hydrogen-bond acceptors (Lipinski definition) is 4. The summed E-state index contributed by atoms with van der Waals surface area (Å²) in [5, 5.41) is 3.24. The number of alkyl halides is 3. The van der Waals surface area contributed by atoms with E-state index in [0.717, 1.165) is 6.07 Å². The standard InChI is InChI=1S/C12H10ClF3N4/c1-6-7(13)3-2-4-8(6)18-10-5-9(12(14,15)16)19-11(17)20-10/h2-5H,1H3,(H3,17,18,19,20). The SMILES string of the molecule is Cc1c(Cl)cccc1Nc1cc(C(F)(F)F)nc(N)n1. The molecule has 0 saturated heterocycles. The van der Waals surface area contributed by atoms with Gasteiger partial charge in [-0.2, -0.15) is 18.2 Å². The van der Waals surface area contributed by atoms with Crippen molar-refractivity contribution in [2.45, 2.75) is 13.1 Å². The fourth-order valence-electron chi connectivity index (χ4n) is 1.56. The minimum Gasteiger partial charge on any atom is -0.368 e. The van der Waals surface area contributed by atoms with Crippen LogP contribution >= 0.6 is 11.6 Å². The second-order valence-electron chi connectivity index (χ2n) is 4.03. The van der Waals surface area contributed by atoms with Crippen molar-refractivity contribution in [2.75, 3.05) is 11.1 Å². The number of hydrogen-bond donors (Lipinski definition) is 2. The minimum atomic E-state index is -4.59. The predicted octanol–water partition coefficient (Wildman–Crippen LogP) is 3.78. The Hall–Kier alpha value is -2.02. The average molecular weight is 303 g/mol. The van der Waals surface area contributed by atoms with Crippen molar-refractivity contribution < 1.29 is 13.2 Å². The zero-order chi connectivity index (χ0) is 14.9. The molecule has 0 bridgehead atoms. The number of nitrogens with one attached hydrogen (secondary N) is 1. The first-order valence-corrected chi connectivity index (χ1v) is 5.89. The van der Waals surface area contributed by atoms with Crippen LogP contribution in [0.3, 0.4) is 0 Å². The highest BCUT2D eigenvalue weighted by Crippen LogP contribution is 2.31. The van der Waals surface area contributed by atoms with Gasteiger partial charge in [-0.3, -0.25) is 0 Å². The molecule has 4 nitrogen and oxygen atoms in total. The van der Waals surface area contributed by atoms with Gasteiger partial charge in [-0.05, 0) is 24.6 Å². The molecule has 3 N–H and O–H groups in total. The quantitative estimate of drug-likeness (QED) is 0.886. The van der Waals surface area contributed by atoms with Crippen LogP contribution in [0, 0.1) is 6.92 Å². The summed E-state index contributed by atoms with van der Waals surface area (Å²) in [4.78, 5) is 6.89. The van der Waals surface area contributed by atoms with Crippen LogP contribution in [0.2, 0.25) is 5.02 Å². The molecule has 0 atom stereocenters. The number of nitrogens with zero attached hydrogens (tertiary/aromatic N) is 2. The van der Waals surface area contributed by atoms with E-state index in [1.54, 1.807) is 25.1 Å². The molecule has 0 spiro atoms. The first-order valence-electron chi connectivity index (χ1n) is 5.51. The third-order valence-electron chi connectivity index (χ3n) is 2.56. The molecule has 106 valence electrons. The first-order chi connectivity index (χ1) is 9.27.